The lowest BCUT2D eigenvalue weighted by atomic mass is 9.49. The molecule has 0 radical (unpaired) electrons. The van der Waals surface area contributed by atoms with E-state index in [1.54, 1.807) is 0 Å². The van der Waals surface area contributed by atoms with Gasteiger partial charge in [-0.25, -0.2) is 4.39 Å². The van der Waals surface area contributed by atoms with Crippen LogP contribution in [0.15, 0.2) is 24.3 Å². The van der Waals surface area contributed by atoms with Crippen molar-refractivity contribution in [3.8, 4) is 0 Å². The van der Waals surface area contributed by atoms with Gasteiger partial charge in [0, 0.05) is 26.1 Å². The fourth-order valence-electron chi connectivity index (χ4n) is 6.55. The van der Waals surface area contributed by atoms with Crippen LogP contribution in [0.4, 0.5) is 10.3 Å². The maximum absolute atomic E-state index is 13.1. The summed E-state index contributed by atoms with van der Waals surface area (Å²) in [5, 5.41) is 9.29. The molecular weight excluding hydrogens is 339 g/mol. The molecule has 5 heteroatoms. The molecule has 0 unspecified atom stereocenters. The third-order valence-corrected chi connectivity index (χ3v) is 7.36. The maximum atomic E-state index is 13.1. The van der Waals surface area contributed by atoms with Gasteiger partial charge in [0.25, 0.3) is 0 Å². The van der Waals surface area contributed by atoms with E-state index in [1.165, 1.54) is 56.5 Å². The largest absolute Gasteiger partial charge is 0.344 e. The monoisotopic (exact) mass is 368 g/mol. The third kappa shape index (κ3) is 2.95. The Morgan fingerprint density at radius 1 is 1.04 bits per heavy atom. The van der Waals surface area contributed by atoms with Crippen molar-refractivity contribution in [1.82, 2.24) is 14.8 Å². The average molecular weight is 369 g/mol. The van der Waals surface area contributed by atoms with E-state index >= 15 is 0 Å². The number of hydrogen-bond acceptors (Lipinski definition) is 3. The topological polar surface area (TPSA) is 34.0 Å². The predicted octanol–water partition coefficient (Wildman–Crippen LogP) is 4.10. The molecule has 1 heterocycles. The lowest BCUT2D eigenvalue weighted by molar-refractivity contribution is -0.0107. The van der Waals surface area contributed by atoms with Crippen molar-refractivity contribution in [1.29, 1.82) is 0 Å². The van der Waals surface area contributed by atoms with Gasteiger partial charge in [-0.3, -0.25) is 4.57 Å². The van der Waals surface area contributed by atoms with Gasteiger partial charge in [0.1, 0.15) is 11.6 Å². The van der Waals surface area contributed by atoms with Crippen LogP contribution in [-0.4, -0.2) is 28.4 Å². The van der Waals surface area contributed by atoms with E-state index in [2.05, 4.69) is 28.7 Å². The minimum absolute atomic E-state index is 0.180. The lowest BCUT2D eigenvalue weighted by Crippen LogP contribution is -2.49. The van der Waals surface area contributed by atoms with Crippen LogP contribution in [0.25, 0.3) is 0 Å². The van der Waals surface area contributed by atoms with Gasteiger partial charge in [0.15, 0.2) is 0 Å². The Morgan fingerprint density at radius 3 is 2.22 bits per heavy atom. The average Bonchev–Trinajstić information content (AvgIpc) is 3.02. The van der Waals surface area contributed by atoms with Gasteiger partial charge in [0.2, 0.25) is 5.95 Å². The molecule has 0 atom stereocenters. The summed E-state index contributed by atoms with van der Waals surface area (Å²) in [6.45, 7) is 0.846. The molecule has 1 aromatic carbocycles. The molecule has 1 aromatic heterocycles. The van der Waals surface area contributed by atoms with Gasteiger partial charge in [-0.15, -0.1) is 10.2 Å². The van der Waals surface area contributed by atoms with Crippen molar-refractivity contribution in [2.24, 2.45) is 24.8 Å². The Balaban J connectivity index is 1.33. The predicted molar refractivity (Wildman–Crippen MR) is 104 cm³/mol. The van der Waals surface area contributed by atoms with Crippen LogP contribution < -0.4 is 4.90 Å². The third-order valence-electron chi connectivity index (χ3n) is 7.36. The van der Waals surface area contributed by atoms with Crippen molar-refractivity contribution < 1.29 is 4.39 Å². The molecule has 4 fully saturated rings. The molecule has 0 amide bonds. The Bertz CT molecular complexity index is 790. The number of hydrogen-bond donors (Lipinski definition) is 0. The number of aromatic nitrogens is 3. The number of benzene rings is 1. The second kappa shape index (κ2) is 6.32. The summed E-state index contributed by atoms with van der Waals surface area (Å²) in [5.41, 5.74) is 1.42. The summed E-state index contributed by atoms with van der Waals surface area (Å²) in [5.74, 6) is 4.71. The summed E-state index contributed by atoms with van der Waals surface area (Å²) < 4.78 is 15.3. The molecule has 4 aliphatic carbocycles. The van der Waals surface area contributed by atoms with Crippen LogP contribution in [0.1, 0.15) is 49.9 Å². The van der Waals surface area contributed by atoms with Crippen LogP contribution >= 0.6 is 0 Å². The van der Waals surface area contributed by atoms with Crippen molar-refractivity contribution in [3.05, 3.63) is 41.5 Å². The number of halogens is 1. The first-order valence-electron chi connectivity index (χ1n) is 10.4. The van der Waals surface area contributed by atoms with E-state index in [0.717, 1.165) is 42.2 Å². The molecule has 0 aliphatic heterocycles. The maximum Gasteiger partial charge on any atom is 0.226 e. The zero-order valence-electron chi connectivity index (χ0n) is 16.4. The summed E-state index contributed by atoms with van der Waals surface area (Å²) >= 11 is 0. The zero-order valence-corrected chi connectivity index (χ0v) is 16.4. The number of rotatable bonds is 5. The van der Waals surface area contributed by atoms with Gasteiger partial charge in [-0.1, -0.05) is 12.1 Å². The molecule has 0 saturated heterocycles. The van der Waals surface area contributed by atoms with Crippen molar-refractivity contribution in [3.63, 3.8) is 0 Å². The quantitative estimate of drug-likeness (QED) is 0.797. The van der Waals surface area contributed by atoms with Crippen LogP contribution in [0, 0.1) is 23.6 Å². The smallest absolute Gasteiger partial charge is 0.226 e. The highest BCUT2D eigenvalue weighted by Gasteiger charge is 2.53. The van der Waals surface area contributed by atoms with Crippen molar-refractivity contribution >= 4 is 5.95 Å². The van der Waals surface area contributed by atoms with E-state index in [1.807, 2.05) is 12.1 Å². The molecule has 4 aliphatic rings. The minimum atomic E-state index is -0.180. The molecule has 4 saturated carbocycles. The highest BCUT2D eigenvalue weighted by atomic mass is 19.1. The van der Waals surface area contributed by atoms with Crippen LogP contribution in [-0.2, 0) is 18.9 Å². The fraction of sp³-hybridized carbons (Fsp3) is 0.636. The number of nitrogens with zero attached hydrogens (tertiary/aromatic N) is 4. The second-order valence-corrected chi connectivity index (χ2v) is 9.38. The van der Waals surface area contributed by atoms with E-state index < -0.39 is 0 Å². The minimum Gasteiger partial charge on any atom is -0.344 e. The van der Waals surface area contributed by atoms with E-state index in [-0.39, 0.29) is 11.2 Å². The first-order valence-corrected chi connectivity index (χ1v) is 10.4. The van der Waals surface area contributed by atoms with Crippen LogP contribution in [0.5, 0.6) is 0 Å². The van der Waals surface area contributed by atoms with E-state index in [9.17, 15) is 4.39 Å². The van der Waals surface area contributed by atoms with Gasteiger partial charge in [0.05, 0.1) is 0 Å². The van der Waals surface area contributed by atoms with E-state index in [4.69, 9.17) is 5.10 Å². The highest BCUT2D eigenvalue weighted by Crippen LogP contribution is 2.60. The summed E-state index contributed by atoms with van der Waals surface area (Å²) in [6, 6.07) is 6.78. The standard InChI is InChI=1S/C22H29FN4/c1-26(8-7-15-3-5-19(23)6-4-15)21-25-24-20(27(21)2)22-12-16-9-17(13-22)11-18(10-16)14-22/h3-6,16-18H,7-14H2,1-2H3. The number of likely N-dealkylation sites (N-methyl/N-ethyl adjacent to an activating group) is 1. The zero-order chi connectivity index (χ0) is 18.6. The molecule has 144 valence electrons. The van der Waals surface area contributed by atoms with Crippen LogP contribution in [0.2, 0.25) is 0 Å². The summed E-state index contributed by atoms with van der Waals surface area (Å²) in [6.07, 6.45) is 9.14. The molecule has 0 spiro atoms. The highest BCUT2D eigenvalue weighted by molar-refractivity contribution is 5.33. The van der Waals surface area contributed by atoms with Crippen molar-refractivity contribution in [2.45, 2.75) is 50.4 Å². The molecule has 4 nitrogen and oxygen atoms in total. The Kier molecular flexibility index (Phi) is 4.03. The molecule has 4 bridgehead atoms. The SMILES string of the molecule is CN(CCc1ccc(F)cc1)c1nnc(C23CC4CC(CC(C4)C2)C3)n1C. The second-order valence-electron chi connectivity index (χ2n) is 9.38. The lowest BCUT2D eigenvalue weighted by Gasteiger charge is -2.56. The Morgan fingerprint density at radius 2 is 1.63 bits per heavy atom. The van der Waals surface area contributed by atoms with Gasteiger partial charge in [-0.2, -0.15) is 0 Å². The first kappa shape index (κ1) is 17.2. The Hall–Kier alpha value is -1.91. The normalized spacial score (nSPS) is 31.4. The van der Waals surface area contributed by atoms with Crippen molar-refractivity contribution in [2.75, 3.05) is 18.5 Å². The number of anilines is 1. The van der Waals surface area contributed by atoms with E-state index in [0.29, 0.717) is 0 Å². The molecular formula is C22H29FN4. The fourth-order valence-corrected chi connectivity index (χ4v) is 6.55. The summed E-state index contributed by atoms with van der Waals surface area (Å²) in [4.78, 5) is 2.18. The molecule has 6 rings (SSSR count). The van der Waals surface area contributed by atoms with Gasteiger partial charge < -0.3 is 4.90 Å². The van der Waals surface area contributed by atoms with Gasteiger partial charge >= 0.3 is 0 Å². The van der Waals surface area contributed by atoms with Crippen LogP contribution in [0.3, 0.4) is 0 Å². The van der Waals surface area contributed by atoms with Gasteiger partial charge in [-0.05, 0) is 80.4 Å². The molecule has 2 aromatic rings. The molecule has 27 heavy (non-hydrogen) atoms. The Labute approximate surface area is 160 Å². The first-order chi connectivity index (χ1) is 13.0. The molecule has 0 N–H and O–H groups in total. The summed E-state index contributed by atoms with van der Waals surface area (Å²) in [7, 11) is 4.22.